The van der Waals surface area contributed by atoms with Crippen LogP contribution >= 0.6 is 11.8 Å². The highest BCUT2D eigenvalue weighted by atomic mass is 32.2. The van der Waals surface area contributed by atoms with Crippen LogP contribution in [0, 0.1) is 10.8 Å². The molecule has 0 spiro atoms. The molecule has 0 saturated carbocycles. The average molecular weight is 132 g/mol. The maximum atomic E-state index is 6.69. The van der Waals surface area contributed by atoms with Crippen LogP contribution in [0.2, 0.25) is 0 Å². The van der Waals surface area contributed by atoms with Gasteiger partial charge in [0, 0.05) is 0 Å². The standard InChI is InChI=1S/C3H8N4S/c4-2(5)1-8-3(6)7/h1H2,(H3,4,5)(H3,6,7). The molecule has 46 valence electrons. The molecule has 0 unspecified atom stereocenters. The third-order valence-electron chi connectivity index (χ3n) is 0.383. The van der Waals surface area contributed by atoms with E-state index in [9.17, 15) is 0 Å². The van der Waals surface area contributed by atoms with Gasteiger partial charge in [-0.15, -0.1) is 0 Å². The van der Waals surface area contributed by atoms with E-state index in [1.165, 1.54) is 0 Å². The smallest absolute Gasteiger partial charge is 0.151 e. The molecule has 4 nitrogen and oxygen atoms in total. The SMILES string of the molecule is N=C(N)CSC(=N)N. The van der Waals surface area contributed by atoms with Gasteiger partial charge in [-0.25, -0.2) is 0 Å². The minimum absolute atomic E-state index is 0.000185. The van der Waals surface area contributed by atoms with Crippen LogP contribution < -0.4 is 11.5 Å². The molecule has 0 bridgehead atoms. The summed E-state index contributed by atoms with van der Waals surface area (Å²) in [7, 11) is 0. The molecule has 0 radical (unpaired) electrons. The molecule has 0 amide bonds. The van der Waals surface area contributed by atoms with Crippen molar-refractivity contribution in [2.75, 3.05) is 5.75 Å². The van der Waals surface area contributed by atoms with Gasteiger partial charge in [-0.1, -0.05) is 11.8 Å². The molecule has 0 aliphatic carbocycles. The molecular weight excluding hydrogens is 124 g/mol. The Hall–Kier alpha value is -0.710. The molecule has 0 aliphatic rings. The Bertz CT molecular complexity index is 95.9. The van der Waals surface area contributed by atoms with Gasteiger partial charge in [0.25, 0.3) is 0 Å². The molecule has 6 N–H and O–H groups in total. The topological polar surface area (TPSA) is 99.7 Å². The molecule has 0 heterocycles. The molecule has 0 aromatic rings. The number of nitrogens with one attached hydrogen (secondary N) is 2. The van der Waals surface area contributed by atoms with Gasteiger partial charge in [-0.3, -0.25) is 10.8 Å². The van der Waals surface area contributed by atoms with Crippen molar-refractivity contribution in [1.29, 1.82) is 10.8 Å². The van der Waals surface area contributed by atoms with Crippen molar-refractivity contribution >= 4 is 22.8 Å². The van der Waals surface area contributed by atoms with Crippen molar-refractivity contribution in [3.8, 4) is 0 Å². The summed E-state index contributed by atoms with van der Waals surface area (Å²) in [5.41, 5.74) is 9.89. The van der Waals surface area contributed by atoms with E-state index >= 15 is 0 Å². The van der Waals surface area contributed by atoms with E-state index in [0.717, 1.165) is 11.8 Å². The zero-order chi connectivity index (χ0) is 6.57. The first kappa shape index (κ1) is 7.29. The summed E-state index contributed by atoms with van der Waals surface area (Å²) in [6.07, 6.45) is 0. The van der Waals surface area contributed by atoms with E-state index in [4.69, 9.17) is 22.3 Å². The zero-order valence-corrected chi connectivity index (χ0v) is 5.09. The van der Waals surface area contributed by atoms with Gasteiger partial charge in [0.2, 0.25) is 0 Å². The second-order valence-electron chi connectivity index (χ2n) is 1.18. The van der Waals surface area contributed by atoms with Crippen LogP contribution in [0.5, 0.6) is 0 Å². The van der Waals surface area contributed by atoms with Crippen molar-refractivity contribution in [1.82, 2.24) is 0 Å². The van der Waals surface area contributed by atoms with Gasteiger partial charge in [0.1, 0.15) is 5.84 Å². The summed E-state index contributed by atoms with van der Waals surface area (Å²) < 4.78 is 0. The first-order chi connectivity index (χ1) is 3.63. The second kappa shape index (κ2) is 3.31. The molecule has 0 aromatic heterocycles. The number of hydrogen-bond acceptors (Lipinski definition) is 3. The predicted molar refractivity (Wildman–Crippen MR) is 36.3 cm³/mol. The third-order valence-corrected chi connectivity index (χ3v) is 1.15. The van der Waals surface area contributed by atoms with Crippen LogP contribution in [-0.4, -0.2) is 16.8 Å². The fourth-order valence-corrected chi connectivity index (χ4v) is 0.467. The van der Waals surface area contributed by atoms with Gasteiger partial charge in [0.15, 0.2) is 5.17 Å². The lowest BCUT2D eigenvalue weighted by Crippen LogP contribution is -2.15. The zero-order valence-electron chi connectivity index (χ0n) is 4.27. The molecule has 0 atom stereocenters. The first-order valence-electron chi connectivity index (χ1n) is 1.92. The van der Waals surface area contributed by atoms with Gasteiger partial charge < -0.3 is 11.5 Å². The van der Waals surface area contributed by atoms with Crippen LogP contribution in [0.4, 0.5) is 0 Å². The van der Waals surface area contributed by atoms with Crippen LogP contribution in [-0.2, 0) is 0 Å². The fraction of sp³-hybridized carbons (Fsp3) is 0.333. The molecule has 5 heteroatoms. The summed E-state index contributed by atoms with van der Waals surface area (Å²) in [5, 5.41) is 13.4. The number of rotatable bonds is 2. The van der Waals surface area contributed by atoms with Crippen molar-refractivity contribution in [3.63, 3.8) is 0 Å². The fourth-order valence-electron chi connectivity index (χ4n) is 0.156. The molecule has 0 saturated heterocycles. The highest BCUT2D eigenvalue weighted by molar-refractivity contribution is 8.14. The van der Waals surface area contributed by atoms with Gasteiger partial charge in [0.05, 0.1) is 5.75 Å². The molecule has 8 heavy (non-hydrogen) atoms. The van der Waals surface area contributed by atoms with Gasteiger partial charge in [-0.2, -0.15) is 0 Å². The summed E-state index contributed by atoms with van der Waals surface area (Å²) in [4.78, 5) is 0. The Morgan fingerprint density at radius 3 is 2.00 bits per heavy atom. The Labute approximate surface area is 51.6 Å². The molecule has 0 aromatic carbocycles. The molecule has 0 aliphatic heterocycles. The Morgan fingerprint density at radius 2 is 1.88 bits per heavy atom. The van der Waals surface area contributed by atoms with Crippen LogP contribution in [0.3, 0.4) is 0 Å². The lowest BCUT2D eigenvalue weighted by atomic mass is 10.7. The monoisotopic (exact) mass is 132 g/mol. The predicted octanol–water partition coefficient (Wildman–Crippen LogP) is -0.451. The lowest BCUT2D eigenvalue weighted by molar-refractivity contribution is 1.43. The van der Waals surface area contributed by atoms with Crippen molar-refractivity contribution < 1.29 is 0 Å². The first-order valence-corrected chi connectivity index (χ1v) is 2.91. The summed E-state index contributed by atoms with van der Waals surface area (Å²) in [6, 6.07) is 0. The number of hydrogen-bond donors (Lipinski definition) is 4. The minimum atomic E-state index is 0.000185. The summed E-state index contributed by atoms with van der Waals surface area (Å²) >= 11 is 1.05. The average Bonchev–Trinajstić information content (AvgIpc) is 1.61. The number of nitrogens with two attached hydrogens (primary N) is 2. The molecular formula is C3H8N4S. The maximum Gasteiger partial charge on any atom is 0.151 e. The summed E-state index contributed by atoms with van der Waals surface area (Å²) in [6.45, 7) is 0. The largest absolute Gasteiger partial charge is 0.387 e. The van der Waals surface area contributed by atoms with E-state index in [-0.39, 0.29) is 11.0 Å². The maximum absolute atomic E-state index is 6.69. The highest BCUT2D eigenvalue weighted by Gasteiger charge is 1.90. The van der Waals surface area contributed by atoms with E-state index in [1.54, 1.807) is 0 Å². The van der Waals surface area contributed by atoms with Crippen LogP contribution in [0.25, 0.3) is 0 Å². The van der Waals surface area contributed by atoms with Gasteiger partial charge in [-0.05, 0) is 0 Å². The van der Waals surface area contributed by atoms with Crippen LogP contribution in [0.1, 0.15) is 0 Å². The third kappa shape index (κ3) is 5.29. The lowest BCUT2D eigenvalue weighted by Gasteiger charge is -1.92. The molecule has 0 rings (SSSR count). The van der Waals surface area contributed by atoms with Crippen molar-refractivity contribution in [2.45, 2.75) is 0 Å². The Balaban J connectivity index is 3.18. The quantitative estimate of drug-likeness (QED) is 0.302. The van der Waals surface area contributed by atoms with E-state index in [2.05, 4.69) is 0 Å². The van der Waals surface area contributed by atoms with E-state index in [0.29, 0.717) is 5.75 Å². The normalized spacial score (nSPS) is 8.50. The van der Waals surface area contributed by atoms with Gasteiger partial charge >= 0.3 is 0 Å². The van der Waals surface area contributed by atoms with E-state index < -0.39 is 0 Å². The van der Waals surface area contributed by atoms with Crippen molar-refractivity contribution in [2.24, 2.45) is 11.5 Å². The van der Waals surface area contributed by atoms with Crippen LogP contribution in [0.15, 0.2) is 0 Å². The Kier molecular flexibility index (Phi) is 3.02. The highest BCUT2D eigenvalue weighted by Crippen LogP contribution is 1.94. The summed E-state index contributed by atoms with van der Waals surface area (Å²) in [5.74, 6) is 0.361. The minimum Gasteiger partial charge on any atom is -0.387 e. The van der Waals surface area contributed by atoms with Crippen molar-refractivity contribution in [3.05, 3.63) is 0 Å². The Morgan fingerprint density at radius 1 is 1.38 bits per heavy atom. The molecule has 0 fully saturated rings. The number of amidine groups is 2. The van der Waals surface area contributed by atoms with E-state index in [1.807, 2.05) is 0 Å². The second-order valence-corrected chi connectivity index (χ2v) is 2.20. The number of thioether (sulfide) groups is 1.